The van der Waals surface area contributed by atoms with Crippen LogP contribution in [0.1, 0.15) is 28.9 Å². The lowest BCUT2D eigenvalue weighted by Crippen LogP contribution is -2.27. The molecule has 30 heavy (non-hydrogen) atoms. The summed E-state index contributed by atoms with van der Waals surface area (Å²) in [6, 6.07) is 6.11. The summed E-state index contributed by atoms with van der Waals surface area (Å²) in [7, 11) is 3.94. The molecule has 1 aliphatic rings. The summed E-state index contributed by atoms with van der Waals surface area (Å²) in [5, 5.41) is 14.5. The summed E-state index contributed by atoms with van der Waals surface area (Å²) < 4.78 is 26.6. The van der Waals surface area contributed by atoms with Gasteiger partial charge in [0.15, 0.2) is 17.2 Å². The number of carbonyl (C=O) groups is 1. The lowest BCUT2D eigenvalue weighted by molar-refractivity contribution is -0.386. The Kier molecular flexibility index (Phi) is 6.14. The molecule has 0 radical (unpaired) electrons. The summed E-state index contributed by atoms with van der Waals surface area (Å²) in [5.41, 5.74) is 0.0311. The van der Waals surface area contributed by atoms with Gasteiger partial charge in [-0.05, 0) is 24.6 Å². The average Bonchev–Trinajstić information content (AvgIpc) is 2.76. The van der Waals surface area contributed by atoms with Crippen molar-refractivity contribution in [3.63, 3.8) is 0 Å². The first-order chi connectivity index (χ1) is 14.4. The fourth-order valence-corrected chi connectivity index (χ4v) is 3.18. The fraction of sp³-hybridized carbons (Fsp3) is 0.350. The predicted molar refractivity (Wildman–Crippen MR) is 106 cm³/mol. The number of amides is 1. The van der Waals surface area contributed by atoms with Gasteiger partial charge in [-0.1, -0.05) is 6.07 Å². The Morgan fingerprint density at radius 1 is 1.07 bits per heavy atom. The van der Waals surface area contributed by atoms with E-state index in [4.69, 9.17) is 23.7 Å². The monoisotopic (exact) mass is 418 g/mol. The van der Waals surface area contributed by atoms with Crippen LogP contribution in [0.4, 0.5) is 5.69 Å². The van der Waals surface area contributed by atoms with E-state index >= 15 is 0 Å². The number of nitro groups is 1. The van der Waals surface area contributed by atoms with Gasteiger partial charge < -0.3 is 29.0 Å². The van der Waals surface area contributed by atoms with Crippen LogP contribution in [0.2, 0.25) is 0 Å². The Labute approximate surface area is 172 Å². The van der Waals surface area contributed by atoms with Gasteiger partial charge in [-0.15, -0.1) is 0 Å². The SMILES string of the molecule is COc1cc(C(=O)NC(C)c2ccc3c(c2)OCCO3)c([N+](=O)[O-])c(OC)c1OC. The number of hydrogen-bond donors (Lipinski definition) is 1. The van der Waals surface area contributed by atoms with Crippen LogP contribution in [-0.4, -0.2) is 45.4 Å². The smallest absolute Gasteiger partial charge is 0.327 e. The Morgan fingerprint density at radius 2 is 1.73 bits per heavy atom. The van der Waals surface area contributed by atoms with E-state index in [1.54, 1.807) is 25.1 Å². The van der Waals surface area contributed by atoms with Crippen LogP contribution < -0.4 is 29.0 Å². The fourth-order valence-electron chi connectivity index (χ4n) is 3.18. The highest BCUT2D eigenvalue weighted by Crippen LogP contribution is 2.46. The molecule has 2 aromatic rings. The second-order valence-corrected chi connectivity index (χ2v) is 6.40. The molecule has 0 spiro atoms. The Morgan fingerprint density at radius 3 is 2.33 bits per heavy atom. The molecule has 160 valence electrons. The van der Waals surface area contributed by atoms with E-state index in [9.17, 15) is 14.9 Å². The third-order valence-corrected chi connectivity index (χ3v) is 4.64. The van der Waals surface area contributed by atoms with Crippen LogP contribution in [0.5, 0.6) is 28.7 Å². The van der Waals surface area contributed by atoms with Crippen molar-refractivity contribution in [1.82, 2.24) is 5.32 Å². The van der Waals surface area contributed by atoms with Crippen LogP contribution in [-0.2, 0) is 0 Å². The van der Waals surface area contributed by atoms with Crippen molar-refractivity contribution < 1.29 is 33.4 Å². The van der Waals surface area contributed by atoms with Gasteiger partial charge in [0.1, 0.15) is 18.8 Å². The predicted octanol–water partition coefficient (Wildman–Crippen LogP) is 2.88. The van der Waals surface area contributed by atoms with Crippen LogP contribution in [0.3, 0.4) is 0 Å². The molecule has 2 aromatic carbocycles. The molecule has 0 bridgehead atoms. The van der Waals surface area contributed by atoms with Gasteiger partial charge in [0.2, 0.25) is 11.5 Å². The number of carbonyl (C=O) groups excluding carboxylic acids is 1. The molecule has 10 nitrogen and oxygen atoms in total. The van der Waals surface area contributed by atoms with Gasteiger partial charge in [0, 0.05) is 6.07 Å². The van der Waals surface area contributed by atoms with Crippen molar-refractivity contribution in [3.8, 4) is 28.7 Å². The molecule has 0 fully saturated rings. The maximum Gasteiger partial charge on any atom is 0.327 e. The summed E-state index contributed by atoms with van der Waals surface area (Å²) in [6.07, 6.45) is 0. The molecule has 0 saturated carbocycles. The van der Waals surface area contributed by atoms with E-state index in [1.807, 2.05) is 0 Å². The molecule has 0 aliphatic carbocycles. The number of fused-ring (bicyclic) bond motifs is 1. The highest BCUT2D eigenvalue weighted by atomic mass is 16.6. The van der Waals surface area contributed by atoms with Gasteiger partial charge in [-0.25, -0.2) is 0 Å². The van der Waals surface area contributed by atoms with Crippen molar-refractivity contribution in [3.05, 3.63) is 45.5 Å². The van der Waals surface area contributed by atoms with Crippen molar-refractivity contribution in [2.75, 3.05) is 34.5 Å². The molecule has 0 saturated heterocycles. The summed E-state index contributed by atoms with van der Waals surface area (Å²) in [6.45, 7) is 2.67. The molecule has 1 unspecified atom stereocenters. The van der Waals surface area contributed by atoms with Gasteiger partial charge in [-0.2, -0.15) is 0 Å². The normalized spacial score (nSPS) is 13.2. The number of ether oxygens (including phenoxy) is 5. The van der Waals surface area contributed by atoms with Gasteiger partial charge in [-0.3, -0.25) is 14.9 Å². The van der Waals surface area contributed by atoms with Gasteiger partial charge in [0.25, 0.3) is 5.91 Å². The molecular formula is C20H22N2O8. The lowest BCUT2D eigenvalue weighted by Gasteiger charge is -2.21. The minimum absolute atomic E-state index is 0.0307. The molecule has 1 aliphatic heterocycles. The zero-order valence-corrected chi connectivity index (χ0v) is 17.0. The maximum absolute atomic E-state index is 13.0. The van der Waals surface area contributed by atoms with E-state index in [-0.39, 0.29) is 22.8 Å². The third kappa shape index (κ3) is 3.88. The highest BCUT2D eigenvalue weighted by molar-refractivity contribution is 6.00. The van der Waals surface area contributed by atoms with Crippen molar-refractivity contribution in [2.24, 2.45) is 0 Å². The van der Waals surface area contributed by atoms with Crippen LogP contribution >= 0.6 is 0 Å². The molecule has 0 aromatic heterocycles. The van der Waals surface area contributed by atoms with Crippen molar-refractivity contribution in [1.29, 1.82) is 0 Å². The number of nitrogens with zero attached hydrogens (tertiary/aromatic N) is 1. The van der Waals surface area contributed by atoms with Crippen LogP contribution in [0, 0.1) is 10.1 Å². The average molecular weight is 418 g/mol. The standard InChI is InChI=1S/C20H22N2O8/c1-11(12-5-6-14-15(9-12)30-8-7-29-14)21-20(23)13-10-16(26-2)18(27-3)19(28-4)17(13)22(24)25/h5-6,9-11H,7-8H2,1-4H3,(H,21,23). The first-order valence-corrected chi connectivity index (χ1v) is 9.09. The van der Waals surface area contributed by atoms with E-state index < -0.39 is 22.6 Å². The van der Waals surface area contributed by atoms with Crippen LogP contribution in [0.25, 0.3) is 0 Å². The quantitative estimate of drug-likeness (QED) is 0.539. The maximum atomic E-state index is 13.0. The third-order valence-electron chi connectivity index (χ3n) is 4.64. The second kappa shape index (κ2) is 8.76. The molecule has 1 amide bonds. The molecule has 1 heterocycles. The zero-order chi connectivity index (χ0) is 21.8. The van der Waals surface area contributed by atoms with Crippen LogP contribution in [0.15, 0.2) is 24.3 Å². The van der Waals surface area contributed by atoms with E-state index in [1.165, 1.54) is 27.4 Å². The van der Waals surface area contributed by atoms with E-state index in [0.717, 1.165) is 5.56 Å². The Balaban J connectivity index is 1.95. The number of methoxy groups -OCH3 is 3. The molecular weight excluding hydrogens is 396 g/mol. The molecule has 1 atom stereocenters. The van der Waals surface area contributed by atoms with Crippen molar-refractivity contribution >= 4 is 11.6 Å². The Bertz CT molecular complexity index is 976. The second-order valence-electron chi connectivity index (χ2n) is 6.40. The minimum atomic E-state index is -0.690. The highest BCUT2D eigenvalue weighted by Gasteiger charge is 2.33. The zero-order valence-electron chi connectivity index (χ0n) is 17.0. The van der Waals surface area contributed by atoms with E-state index in [0.29, 0.717) is 24.7 Å². The number of benzene rings is 2. The summed E-state index contributed by atoms with van der Waals surface area (Å²) in [4.78, 5) is 24.0. The number of nitro benzene ring substituents is 1. The van der Waals surface area contributed by atoms with Gasteiger partial charge >= 0.3 is 5.69 Å². The topological polar surface area (TPSA) is 118 Å². The summed E-state index contributed by atoms with van der Waals surface area (Å²) >= 11 is 0. The first kappa shape index (κ1) is 21.0. The first-order valence-electron chi connectivity index (χ1n) is 9.09. The number of hydrogen-bond acceptors (Lipinski definition) is 8. The summed E-state index contributed by atoms with van der Waals surface area (Å²) in [5.74, 6) is 0.518. The molecule has 10 heteroatoms. The van der Waals surface area contributed by atoms with E-state index in [2.05, 4.69) is 5.32 Å². The molecule has 3 rings (SSSR count). The van der Waals surface area contributed by atoms with Gasteiger partial charge in [0.05, 0.1) is 32.3 Å². The number of rotatable bonds is 7. The lowest BCUT2D eigenvalue weighted by atomic mass is 10.1. The molecule has 1 N–H and O–H groups in total. The Hall–Kier alpha value is -3.69. The van der Waals surface area contributed by atoms with Crippen molar-refractivity contribution in [2.45, 2.75) is 13.0 Å². The largest absolute Gasteiger partial charge is 0.493 e. The minimum Gasteiger partial charge on any atom is -0.493 e. The number of nitrogens with one attached hydrogen (secondary N) is 1.